The SMILES string of the molecule is CCOC(=O)CC(COC)(C(=O)O)C(C)(C)C(C)(C)C. The highest BCUT2D eigenvalue weighted by atomic mass is 16.5. The average Bonchev–Trinajstić information content (AvgIpc) is 2.26. The van der Waals surface area contributed by atoms with Crippen LogP contribution < -0.4 is 0 Å². The molecule has 20 heavy (non-hydrogen) atoms. The molecule has 0 rings (SSSR count). The number of carbonyl (C=O) groups excluding carboxylic acids is 1. The number of hydrogen-bond donors (Lipinski definition) is 1. The summed E-state index contributed by atoms with van der Waals surface area (Å²) >= 11 is 0. The van der Waals surface area contributed by atoms with E-state index >= 15 is 0 Å². The van der Waals surface area contributed by atoms with Gasteiger partial charge in [-0.2, -0.15) is 0 Å². The van der Waals surface area contributed by atoms with Crippen LogP contribution in [0.4, 0.5) is 0 Å². The molecule has 0 aromatic carbocycles. The van der Waals surface area contributed by atoms with Gasteiger partial charge in [0.2, 0.25) is 0 Å². The average molecular weight is 288 g/mol. The first-order chi connectivity index (χ1) is 8.96. The van der Waals surface area contributed by atoms with Gasteiger partial charge in [0.05, 0.1) is 19.6 Å². The largest absolute Gasteiger partial charge is 0.481 e. The highest BCUT2D eigenvalue weighted by Crippen LogP contribution is 2.53. The van der Waals surface area contributed by atoms with Gasteiger partial charge in [-0.15, -0.1) is 0 Å². The number of rotatable bonds is 7. The molecular formula is C15H28O5. The summed E-state index contributed by atoms with van der Waals surface area (Å²) in [6, 6.07) is 0. The molecule has 0 bridgehead atoms. The van der Waals surface area contributed by atoms with E-state index in [-0.39, 0.29) is 25.0 Å². The Bertz CT molecular complexity index is 354. The molecule has 0 aliphatic heterocycles. The topological polar surface area (TPSA) is 72.8 Å². The van der Waals surface area contributed by atoms with E-state index in [9.17, 15) is 14.7 Å². The summed E-state index contributed by atoms with van der Waals surface area (Å²) in [7, 11) is 1.45. The van der Waals surface area contributed by atoms with E-state index in [4.69, 9.17) is 9.47 Å². The first-order valence-electron chi connectivity index (χ1n) is 6.84. The lowest BCUT2D eigenvalue weighted by atomic mass is 9.53. The molecule has 1 N–H and O–H groups in total. The lowest BCUT2D eigenvalue weighted by Crippen LogP contribution is -2.55. The second kappa shape index (κ2) is 6.57. The van der Waals surface area contributed by atoms with Crippen LogP contribution in [-0.4, -0.2) is 37.4 Å². The predicted octanol–water partition coefficient (Wildman–Crippen LogP) is 2.73. The van der Waals surface area contributed by atoms with Gasteiger partial charge in [-0.3, -0.25) is 9.59 Å². The maximum absolute atomic E-state index is 12.0. The predicted molar refractivity (Wildman–Crippen MR) is 76.4 cm³/mol. The fourth-order valence-electron chi connectivity index (χ4n) is 2.28. The summed E-state index contributed by atoms with van der Waals surface area (Å²) in [6.45, 7) is 11.5. The standard InChI is InChI=1S/C15H28O5/c1-8-20-11(16)9-15(10-19-7,12(17)18)14(5,6)13(2,3)4/h8-10H2,1-7H3,(H,17,18). The molecule has 0 aliphatic carbocycles. The Morgan fingerprint density at radius 1 is 1.10 bits per heavy atom. The highest BCUT2D eigenvalue weighted by Gasteiger charge is 2.57. The third-order valence-corrected chi connectivity index (χ3v) is 4.62. The van der Waals surface area contributed by atoms with Crippen LogP contribution in [-0.2, 0) is 19.1 Å². The van der Waals surface area contributed by atoms with Gasteiger partial charge >= 0.3 is 11.9 Å². The summed E-state index contributed by atoms with van der Waals surface area (Å²) in [4.78, 5) is 23.8. The van der Waals surface area contributed by atoms with Gasteiger partial charge < -0.3 is 14.6 Å². The van der Waals surface area contributed by atoms with Crippen molar-refractivity contribution in [1.29, 1.82) is 0 Å². The Kier molecular flexibility index (Phi) is 6.21. The summed E-state index contributed by atoms with van der Waals surface area (Å²) in [5, 5.41) is 9.78. The minimum Gasteiger partial charge on any atom is -0.481 e. The number of carbonyl (C=O) groups is 2. The van der Waals surface area contributed by atoms with Gasteiger partial charge in [0.25, 0.3) is 0 Å². The van der Waals surface area contributed by atoms with Crippen molar-refractivity contribution in [3.05, 3.63) is 0 Å². The van der Waals surface area contributed by atoms with Crippen LogP contribution in [0.1, 0.15) is 48.0 Å². The van der Waals surface area contributed by atoms with Gasteiger partial charge in [0.15, 0.2) is 0 Å². The van der Waals surface area contributed by atoms with Crippen molar-refractivity contribution in [2.75, 3.05) is 20.3 Å². The van der Waals surface area contributed by atoms with E-state index in [1.165, 1.54) is 7.11 Å². The molecule has 5 heteroatoms. The quantitative estimate of drug-likeness (QED) is 0.729. The molecular weight excluding hydrogens is 260 g/mol. The molecule has 0 radical (unpaired) electrons. The summed E-state index contributed by atoms with van der Waals surface area (Å²) < 4.78 is 10.1. The summed E-state index contributed by atoms with van der Waals surface area (Å²) in [5.74, 6) is -1.54. The molecule has 118 valence electrons. The lowest BCUT2D eigenvalue weighted by molar-refractivity contribution is -0.180. The Morgan fingerprint density at radius 2 is 1.60 bits per heavy atom. The molecule has 1 atom stereocenters. The Labute approximate surface area is 121 Å². The van der Waals surface area contributed by atoms with E-state index in [0.717, 1.165) is 0 Å². The van der Waals surface area contributed by atoms with Crippen LogP contribution in [0.2, 0.25) is 0 Å². The first kappa shape index (κ1) is 18.9. The number of carboxylic acid groups (broad SMARTS) is 1. The molecule has 0 heterocycles. The van der Waals surface area contributed by atoms with E-state index in [0.29, 0.717) is 0 Å². The molecule has 0 aromatic heterocycles. The molecule has 5 nitrogen and oxygen atoms in total. The third kappa shape index (κ3) is 3.51. The molecule has 0 saturated carbocycles. The molecule has 0 spiro atoms. The van der Waals surface area contributed by atoms with Crippen molar-refractivity contribution in [3.63, 3.8) is 0 Å². The van der Waals surface area contributed by atoms with Crippen molar-refractivity contribution >= 4 is 11.9 Å². The van der Waals surface area contributed by atoms with E-state index in [1.807, 2.05) is 34.6 Å². The second-order valence-corrected chi connectivity index (χ2v) is 6.68. The van der Waals surface area contributed by atoms with Crippen LogP contribution in [0.5, 0.6) is 0 Å². The fraction of sp³-hybridized carbons (Fsp3) is 0.867. The van der Waals surface area contributed by atoms with Gasteiger partial charge in [0.1, 0.15) is 5.41 Å². The van der Waals surface area contributed by atoms with Crippen molar-refractivity contribution in [1.82, 2.24) is 0 Å². The van der Waals surface area contributed by atoms with Crippen molar-refractivity contribution in [3.8, 4) is 0 Å². The fourth-order valence-corrected chi connectivity index (χ4v) is 2.28. The zero-order chi connectivity index (χ0) is 16.2. The highest BCUT2D eigenvalue weighted by molar-refractivity contribution is 5.83. The van der Waals surface area contributed by atoms with Gasteiger partial charge in [0, 0.05) is 7.11 Å². The van der Waals surface area contributed by atoms with Gasteiger partial charge in [-0.05, 0) is 17.8 Å². The molecule has 0 fully saturated rings. The normalized spacial score (nSPS) is 15.6. The van der Waals surface area contributed by atoms with E-state index in [2.05, 4.69) is 0 Å². The second-order valence-electron chi connectivity index (χ2n) is 6.68. The minimum absolute atomic E-state index is 0.0363. The van der Waals surface area contributed by atoms with Crippen molar-refractivity contribution in [2.45, 2.75) is 48.0 Å². The third-order valence-electron chi connectivity index (χ3n) is 4.62. The van der Waals surface area contributed by atoms with E-state index < -0.39 is 22.8 Å². The molecule has 0 aromatic rings. The first-order valence-corrected chi connectivity index (χ1v) is 6.84. The zero-order valence-corrected chi connectivity index (χ0v) is 13.7. The number of methoxy groups -OCH3 is 1. The Hall–Kier alpha value is -1.10. The Balaban J connectivity index is 5.78. The number of ether oxygens (including phenoxy) is 2. The van der Waals surface area contributed by atoms with E-state index in [1.54, 1.807) is 6.92 Å². The molecule has 0 amide bonds. The van der Waals surface area contributed by atoms with Crippen molar-refractivity contribution < 1.29 is 24.2 Å². The van der Waals surface area contributed by atoms with Crippen LogP contribution in [0.25, 0.3) is 0 Å². The van der Waals surface area contributed by atoms with Crippen LogP contribution >= 0.6 is 0 Å². The van der Waals surface area contributed by atoms with Crippen LogP contribution in [0.15, 0.2) is 0 Å². The van der Waals surface area contributed by atoms with Crippen LogP contribution in [0, 0.1) is 16.2 Å². The number of hydrogen-bond acceptors (Lipinski definition) is 4. The smallest absolute Gasteiger partial charge is 0.313 e. The number of carboxylic acids is 1. The van der Waals surface area contributed by atoms with Crippen molar-refractivity contribution in [2.24, 2.45) is 16.2 Å². The van der Waals surface area contributed by atoms with Gasteiger partial charge in [-0.1, -0.05) is 34.6 Å². The number of aliphatic carboxylic acids is 1. The lowest BCUT2D eigenvalue weighted by Gasteiger charge is -2.50. The van der Waals surface area contributed by atoms with Crippen LogP contribution in [0.3, 0.4) is 0 Å². The zero-order valence-electron chi connectivity index (χ0n) is 13.7. The molecule has 1 unspecified atom stereocenters. The molecule has 0 aliphatic rings. The Morgan fingerprint density at radius 3 is 1.90 bits per heavy atom. The molecule has 0 saturated heterocycles. The number of esters is 1. The maximum atomic E-state index is 12.0. The summed E-state index contributed by atoms with van der Waals surface area (Å²) in [6.07, 6.45) is -0.200. The summed E-state index contributed by atoms with van der Waals surface area (Å²) in [5.41, 5.74) is -2.32. The maximum Gasteiger partial charge on any atom is 0.313 e. The monoisotopic (exact) mass is 288 g/mol. The van der Waals surface area contributed by atoms with Gasteiger partial charge in [-0.25, -0.2) is 0 Å². The minimum atomic E-state index is -1.33.